The van der Waals surface area contributed by atoms with Gasteiger partial charge in [0.1, 0.15) is 35.1 Å². The van der Waals surface area contributed by atoms with Gasteiger partial charge in [0.2, 0.25) is 0 Å². The molecule has 4 rings (SSSR count). The minimum absolute atomic E-state index is 0.0125. The molecule has 0 aliphatic carbocycles. The van der Waals surface area contributed by atoms with Gasteiger partial charge in [0.05, 0.1) is 23.0 Å². The first-order valence-electron chi connectivity index (χ1n) is 9.89. The van der Waals surface area contributed by atoms with Crippen LogP contribution >= 0.6 is 0 Å². The van der Waals surface area contributed by atoms with Crippen LogP contribution in [0.2, 0.25) is 0 Å². The third kappa shape index (κ3) is 6.10. The van der Waals surface area contributed by atoms with Gasteiger partial charge in [0.25, 0.3) is 0 Å². The smallest absolute Gasteiger partial charge is 0.360 e. The van der Waals surface area contributed by atoms with Crippen LogP contribution in [0.3, 0.4) is 0 Å². The number of anilines is 3. The molecule has 0 radical (unpaired) electrons. The molecular weight excluding hydrogens is 523 g/mol. The van der Waals surface area contributed by atoms with E-state index in [1.54, 1.807) is 5.32 Å². The van der Waals surface area contributed by atoms with E-state index in [4.69, 9.17) is 0 Å². The molecular formula is C20H11F9N8. The van der Waals surface area contributed by atoms with E-state index in [9.17, 15) is 39.5 Å². The fourth-order valence-electron chi connectivity index (χ4n) is 2.98. The van der Waals surface area contributed by atoms with Crippen LogP contribution in [0.25, 0.3) is 22.6 Å². The molecule has 0 aliphatic heterocycles. The molecule has 17 heteroatoms. The van der Waals surface area contributed by atoms with Crippen molar-refractivity contribution in [1.29, 1.82) is 0 Å². The summed E-state index contributed by atoms with van der Waals surface area (Å²) in [7, 11) is 0. The first-order chi connectivity index (χ1) is 17.2. The number of nitrogens with zero attached hydrogens (tertiary/aromatic N) is 6. The number of pyridine rings is 2. The highest BCUT2D eigenvalue weighted by Crippen LogP contribution is 2.37. The molecule has 0 spiro atoms. The fraction of sp³-hybridized carbons (Fsp3) is 0.200. The first-order valence-corrected chi connectivity index (χ1v) is 9.89. The molecule has 4 aromatic heterocycles. The molecule has 0 fully saturated rings. The first kappa shape index (κ1) is 25.8. The molecule has 0 unspecified atom stereocenters. The van der Waals surface area contributed by atoms with Gasteiger partial charge in [-0.3, -0.25) is 0 Å². The number of hydrogen-bond donors (Lipinski definition) is 2. The van der Waals surface area contributed by atoms with Crippen LogP contribution < -0.4 is 10.6 Å². The summed E-state index contributed by atoms with van der Waals surface area (Å²) in [5, 5.41) is 11.2. The SMILES string of the molecule is FC(F)(F)CNc1cc(C(F)(F)F)c(-c2cnc3c(Nc4ccc(C(F)(F)F)cn4)ccnc3n2)nn1. The second kappa shape index (κ2) is 9.29. The minimum atomic E-state index is -5.03. The van der Waals surface area contributed by atoms with Gasteiger partial charge in [-0.15, -0.1) is 10.2 Å². The average Bonchev–Trinajstić information content (AvgIpc) is 2.81. The maximum Gasteiger partial charge on any atom is 0.418 e. The van der Waals surface area contributed by atoms with Crippen molar-refractivity contribution in [2.24, 2.45) is 0 Å². The Hall–Kier alpha value is -4.31. The number of halogens is 9. The van der Waals surface area contributed by atoms with Crippen molar-refractivity contribution >= 4 is 28.5 Å². The summed E-state index contributed by atoms with van der Waals surface area (Å²) in [6.07, 6.45) is -11.6. The van der Waals surface area contributed by atoms with E-state index >= 15 is 0 Å². The summed E-state index contributed by atoms with van der Waals surface area (Å²) in [6.45, 7) is -1.62. The van der Waals surface area contributed by atoms with Crippen LogP contribution in [0.1, 0.15) is 11.1 Å². The zero-order chi connectivity index (χ0) is 27.0. The summed E-state index contributed by atoms with van der Waals surface area (Å²) in [5.41, 5.74) is -3.55. The summed E-state index contributed by atoms with van der Waals surface area (Å²) < 4.78 is 116. The van der Waals surface area contributed by atoms with Gasteiger partial charge in [-0.25, -0.2) is 19.9 Å². The Balaban J connectivity index is 1.67. The zero-order valence-corrected chi connectivity index (χ0v) is 17.8. The summed E-state index contributed by atoms with van der Waals surface area (Å²) >= 11 is 0. The van der Waals surface area contributed by atoms with Crippen LogP contribution in [0, 0.1) is 0 Å². The van der Waals surface area contributed by atoms with Gasteiger partial charge >= 0.3 is 18.5 Å². The Morgan fingerprint density at radius 1 is 0.757 bits per heavy atom. The van der Waals surface area contributed by atoms with Crippen molar-refractivity contribution in [3.8, 4) is 11.4 Å². The lowest BCUT2D eigenvalue weighted by molar-refractivity contribution is -0.138. The molecule has 0 saturated heterocycles. The molecule has 0 atom stereocenters. The van der Waals surface area contributed by atoms with Crippen LogP contribution in [-0.4, -0.2) is 42.9 Å². The molecule has 2 N–H and O–H groups in total. The number of rotatable bonds is 5. The third-order valence-corrected chi connectivity index (χ3v) is 4.61. The largest absolute Gasteiger partial charge is 0.418 e. The van der Waals surface area contributed by atoms with Gasteiger partial charge in [-0.05, 0) is 24.3 Å². The maximum absolute atomic E-state index is 13.6. The molecule has 0 saturated carbocycles. The van der Waals surface area contributed by atoms with E-state index in [0.29, 0.717) is 12.3 Å². The second-order valence-electron chi connectivity index (χ2n) is 7.30. The lowest BCUT2D eigenvalue weighted by Crippen LogP contribution is -2.22. The molecule has 0 amide bonds. The lowest BCUT2D eigenvalue weighted by atomic mass is 10.1. The maximum atomic E-state index is 13.6. The highest BCUT2D eigenvalue weighted by molar-refractivity contribution is 5.87. The van der Waals surface area contributed by atoms with Crippen LogP contribution in [-0.2, 0) is 12.4 Å². The van der Waals surface area contributed by atoms with E-state index in [1.165, 1.54) is 12.3 Å². The quantitative estimate of drug-likeness (QED) is 0.318. The van der Waals surface area contributed by atoms with Gasteiger partial charge < -0.3 is 10.6 Å². The van der Waals surface area contributed by atoms with Gasteiger partial charge in [0, 0.05) is 12.4 Å². The Morgan fingerprint density at radius 3 is 2.14 bits per heavy atom. The molecule has 0 aromatic carbocycles. The van der Waals surface area contributed by atoms with Crippen LogP contribution in [0.5, 0.6) is 0 Å². The minimum Gasteiger partial charge on any atom is -0.360 e. The number of alkyl halides is 9. The van der Waals surface area contributed by atoms with Crippen molar-refractivity contribution in [3.05, 3.63) is 54.0 Å². The Morgan fingerprint density at radius 2 is 1.51 bits per heavy atom. The van der Waals surface area contributed by atoms with Crippen LogP contribution in [0.4, 0.5) is 56.8 Å². The molecule has 4 heterocycles. The normalized spacial score (nSPS) is 12.6. The van der Waals surface area contributed by atoms with Crippen molar-refractivity contribution in [1.82, 2.24) is 30.1 Å². The summed E-state index contributed by atoms with van der Waals surface area (Å²) in [5.74, 6) is -0.741. The predicted octanol–water partition coefficient (Wildman–Crippen LogP) is 5.63. The Kier molecular flexibility index (Phi) is 6.47. The number of nitrogens with one attached hydrogen (secondary N) is 2. The standard InChI is InChI=1S/C20H11F9N8/c21-18(22,23)8-33-14-5-10(20(27,28)29)15(37-36-14)12-7-32-16-11(3-4-30-17(16)35-12)34-13-2-1-9(6-31-13)19(24,25)26/h1-7H,8H2,(H,33,36)(H,30,31,34,35). The molecule has 194 valence electrons. The van der Waals surface area contributed by atoms with Gasteiger partial charge in [0.15, 0.2) is 5.65 Å². The number of aromatic nitrogens is 6. The van der Waals surface area contributed by atoms with Crippen molar-refractivity contribution in [2.75, 3.05) is 17.2 Å². The highest BCUT2D eigenvalue weighted by Gasteiger charge is 2.37. The molecule has 8 nitrogen and oxygen atoms in total. The van der Waals surface area contributed by atoms with E-state index in [0.717, 1.165) is 18.3 Å². The monoisotopic (exact) mass is 534 g/mol. The summed E-state index contributed by atoms with van der Waals surface area (Å²) in [6, 6.07) is 3.61. The topological polar surface area (TPSA) is 101 Å². The van der Waals surface area contributed by atoms with E-state index in [1.807, 2.05) is 0 Å². The third-order valence-electron chi connectivity index (χ3n) is 4.61. The molecule has 37 heavy (non-hydrogen) atoms. The Bertz CT molecular complexity index is 1420. The number of fused-ring (bicyclic) bond motifs is 1. The number of hydrogen-bond acceptors (Lipinski definition) is 8. The van der Waals surface area contributed by atoms with E-state index < -0.39 is 53.4 Å². The van der Waals surface area contributed by atoms with Gasteiger partial charge in [-0.2, -0.15) is 39.5 Å². The van der Waals surface area contributed by atoms with Crippen LogP contribution in [0.15, 0.2) is 42.9 Å². The van der Waals surface area contributed by atoms with Crippen molar-refractivity contribution in [3.63, 3.8) is 0 Å². The second-order valence-corrected chi connectivity index (χ2v) is 7.30. The van der Waals surface area contributed by atoms with E-state index in [2.05, 4.69) is 35.5 Å². The van der Waals surface area contributed by atoms with Crippen molar-refractivity contribution in [2.45, 2.75) is 18.5 Å². The van der Waals surface area contributed by atoms with Gasteiger partial charge in [-0.1, -0.05) is 0 Å². The van der Waals surface area contributed by atoms with Crippen molar-refractivity contribution < 1.29 is 39.5 Å². The zero-order valence-electron chi connectivity index (χ0n) is 17.8. The predicted molar refractivity (Wildman–Crippen MR) is 110 cm³/mol. The lowest BCUT2D eigenvalue weighted by Gasteiger charge is -2.14. The Labute approximate surface area is 200 Å². The highest BCUT2D eigenvalue weighted by atomic mass is 19.4. The average molecular weight is 534 g/mol. The molecule has 0 bridgehead atoms. The fourth-order valence-corrected chi connectivity index (χ4v) is 2.98. The van der Waals surface area contributed by atoms with E-state index in [-0.39, 0.29) is 22.7 Å². The molecule has 0 aliphatic rings. The molecule has 4 aromatic rings. The summed E-state index contributed by atoms with van der Waals surface area (Å²) in [4.78, 5) is 15.6.